The summed E-state index contributed by atoms with van der Waals surface area (Å²) in [6, 6.07) is 0. The van der Waals surface area contributed by atoms with Gasteiger partial charge in [0.1, 0.15) is 19.3 Å². The van der Waals surface area contributed by atoms with Crippen LogP contribution in [-0.2, 0) is 65.4 Å². The summed E-state index contributed by atoms with van der Waals surface area (Å²) < 4.78 is 68.1. The highest BCUT2D eigenvalue weighted by Crippen LogP contribution is 2.45. The number of hydrogen-bond acceptors (Lipinski definition) is 15. The molecule has 0 radical (unpaired) electrons. The Morgan fingerprint density at radius 1 is 0.352 bits per heavy atom. The van der Waals surface area contributed by atoms with Gasteiger partial charge < -0.3 is 33.8 Å². The minimum atomic E-state index is -4.96. The quantitative estimate of drug-likeness (QED) is 0.0169. The number of allylic oxidation sites excluding steroid dienone is 4. The Morgan fingerprint density at radius 2 is 0.614 bits per heavy atom. The minimum Gasteiger partial charge on any atom is -0.462 e. The smallest absolute Gasteiger partial charge is 0.462 e. The zero-order valence-corrected chi connectivity index (χ0v) is 58.5. The number of hydrogen-bond donors (Lipinski definition) is 3. The van der Waals surface area contributed by atoms with Crippen molar-refractivity contribution < 1.29 is 80.2 Å². The van der Waals surface area contributed by atoms with E-state index in [4.69, 9.17) is 37.0 Å². The number of phosphoric acid groups is 2. The van der Waals surface area contributed by atoms with E-state index in [0.29, 0.717) is 37.5 Å². The van der Waals surface area contributed by atoms with Crippen molar-refractivity contribution in [2.45, 2.75) is 336 Å². The third kappa shape index (κ3) is 62.4. The number of carbonyl (C=O) groups excluding carboxylic acids is 4. The van der Waals surface area contributed by atoms with Crippen LogP contribution >= 0.6 is 15.6 Å². The monoisotopic (exact) mass is 1290 g/mol. The predicted molar refractivity (Wildman–Crippen MR) is 354 cm³/mol. The maximum atomic E-state index is 13.0. The Morgan fingerprint density at radius 3 is 0.920 bits per heavy atom. The Hall–Kier alpha value is -2.46. The molecule has 518 valence electrons. The lowest BCUT2D eigenvalue weighted by Crippen LogP contribution is -2.30. The van der Waals surface area contributed by atoms with Crippen molar-refractivity contribution >= 4 is 39.5 Å². The van der Waals surface area contributed by atoms with Crippen molar-refractivity contribution in [3.8, 4) is 0 Å². The summed E-state index contributed by atoms with van der Waals surface area (Å²) in [4.78, 5) is 72.4. The molecule has 0 saturated heterocycles. The Bertz CT molecular complexity index is 1830. The molecule has 88 heavy (non-hydrogen) atoms. The van der Waals surface area contributed by atoms with Gasteiger partial charge in [-0.15, -0.1) is 0 Å². The average molecular weight is 1290 g/mol. The van der Waals surface area contributed by atoms with Gasteiger partial charge in [0.05, 0.1) is 26.4 Å². The molecule has 0 heterocycles. The summed E-state index contributed by atoms with van der Waals surface area (Å²) in [5.74, 6) is -0.0186. The van der Waals surface area contributed by atoms with Crippen LogP contribution in [0.2, 0.25) is 0 Å². The number of ether oxygens (including phenoxy) is 4. The van der Waals surface area contributed by atoms with Crippen molar-refractivity contribution in [3.63, 3.8) is 0 Å². The fourth-order valence-corrected chi connectivity index (χ4v) is 11.4. The van der Waals surface area contributed by atoms with Crippen LogP contribution in [0.5, 0.6) is 0 Å². The standard InChI is InChI=1S/C69H130O17P2/c1-8-9-10-11-12-13-14-15-16-17-20-23-28-38-45-52-68(73)85-64(56-79-66(71)50-43-36-30-25-27-34-41-48-61(4)5)58-83-87(75,76)81-54-63(70)55-82-88(77,78)84-59-65(57-80-67(72)51-44-37-32-31-35-42-49-62(6)7)86-69(74)53-46-39-29-24-21-18-19-22-26-33-40-47-60(2)3/h13-16,60-65,70H,8-12,17-59H2,1-7H3,(H,75,76)(H,77,78)/b14-13-,16-15-/t63-,64-,65-/m1/s1. The Labute approximate surface area is 535 Å². The van der Waals surface area contributed by atoms with E-state index in [1.807, 2.05) is 0 Å². The van der Waals surface area contributed by atoms with E-state index in [1.165, 1.54) is 103 Å². The second kappa shape index (κ2) is 59.5. The molecular formula is C69H130O17P2. The summed E-state index contributed by atoms with van der Waals surface area (Å²) in [7, 11) is -9.91. The zero-order valence-electron chi connectivity index (χ0n) is 56.7. The van der Waals surface area contributed by atoms with Gasteiger partial charge in [-0.25, -0.2) is 9.13 Å². The molecule has 17 nitrogen and oxygen atoms in total. The summed E-state index contributed by atoms with van der Waals surface area (Å²) in [5.41, 5.74) is 0. The first kappa shape index (κ1) is 85.5. The zero-order chi connectivity index (χ0) is 65.2. The normalized spacial score (nSPS) is 14.4. The molecule has 0 aromatic carbocycles. The number of rotatable bonds is 65. The number of aliphatic hydroxyl groups excluding tert-OH is 1. The SMILES string of the molecule is CCCCCC/C=C\C=C/CCCCCCCC(=O)O[C@H](COC(=O)CCCCCCCCCC(C)C)COP(=O)(O)OC[C@@H](O)COP(=O)(O)OC[C@@H](COC(=O)CCCCCCCCC(C)C)OC(=O)CCCCCCCCCCCCCC(C)C. The minimum absolute atomic E-state index is 0.0836. The summed E-state index contributed by atoms with van der Waals surface area (Å²) in [6.07, 6.45) is 45.5. The Balaban J connectivity index is 5.27. The molecule has 3 N–H and O–H groups in total. The molecule has 0 aliphatic rings. The van der Waals surface area contributed by atoms with Gasteiger partial charge in [0.15, 0.2) is 12.2 Å². The first-order valence-electron chi connectivity index (χ1n) is 35.2. The highest BCUT2D eigenvalue weighted by Gasteiger charge is 2.30. The molecule has 0 aliphatic carbocycles. The second-order valence-electron chi connectivity index (χ2n) is 25.7. The molecule has 0 amide bonds. The van der Waals surface area contributed by atoms with E-state index in [-0.39, 0.29) is 25.7 Å². The molecule has 0 aromatic rings. The molecule has 0 rings (SSSR count). The van der Waals surface area contributed by atoms with E-state index in [0.717, 1.165) is 121 Å². The molecule has 0 aliphatic heterocycles. The topological polar surface area (TPSA) is 237 Å². The van der Waals surface area contributed by atoms with E-state index >= 15 is 0 Å². The number of esters is 4. The molecular weight excluding hydrogens is 1160 g/mol. The number of carbonyl (C=O) groups is 4. The van der Waals surface area contributed by atoms with Crippen LogP contribution in [0.1, 0.15) is 318 Å². The lowest BCUT2D eigenvalue weighted by Gasteiger charge is -2.21. The van der Waals surface area contributed by atoms with Crippen molar-refractivity contribution in [2.75, 3.05) is 39.6 Å². The fraction of sp³-hybridized carbons (Fsp3) is 0.884. The van der Waals surface area contributed by atoms with Crippen LogP contribution in [0.15, 0.2) is 24.3 Å². The van der Waals surface area contributed by atoms with E-state index in [1.54, 1.807) is 0 Å². The van der Waals surface area contributed by atoms with Crippen molar-refractivity contribution in [1.29, 1.82) is 0 Å². The van der Waals surface area contributed by atoms with Gasteiger partial charge in [-0.3, -0.25) is 37.3 Å². The number of phosphoric ester groups is 2. The summed E-state index contributed by atoms with van der Waals surface area (Å²) in [5, 5.41) is 10.6. The van der Waals surface area contributed by atoms with Gasteiger partial charge in [0, 0.05) is 25.7 Å². The largest absolute Gasteiger partial charge is 0.472 e. The van der Waals surface area contributed by atoms with Gasteiger partial charge in [0.25, 0.3) is 0 Å². The Kier molecular flexibility index (Phi) is 57.9. The molecule has 19 heteroatoms. The van der Waals surface area contributed by atoms with Gasteiger partial charge in [0.2, 0.25) is 0 Å². The molecule has 0 aromatic heterocycles. The van der Waals surface area contributed by atoms with Gasteiger partial charge >= 0.3 is 39.5 Å². The maximum Gasteiger partial charge on any atom is 0.472 e. The lowest BCUT2D eigenvalue weighted by atomic mass is 10.0. The molecule has 2 unspecified atom stereocenters. The van der Waals surface area contributed by atoms with Crippen molar-refractivity contribution in [3.05, 3.63) is 24.3 Å². The van der Waals surface area contributed by atoms with Crippen LogP contribution in [0.4, 0.5) is 0 Å². The first-order valence-corrected chi connectivity index (χ1v) is 38.2. The van der Waals surface area contributed by atoms with Crippen LogP contribution in [0.3, 0.4) is 0 Å². The molecule has 0 spiro atoms. The number of unbranched alkanes of at least 4 members (excludes halogenated alkanes) is 30. The van der Waals surface area contributed by atoms with E-state index in [9.17, 15) is 43.2 Å². The van der Waals surface area contributed by atoms with Crippen LogP contribution in [0.25, 0.3) is 0 Å². The second-order valence-corrected chi connectivity index (χ2v) is 28.6. The van der Waals surface area contributed by atoms with E-state index in [2.05, 4.69) is 72.8 Å². The summed E-state index contributed by atoms with van der Waals surface area (Å²) in [6.45, 7) is 11.6. The highest BCUT2D eigenvalue weighted by molar-refractivity contribution is 7.47. The van der Waals surface area contributed by atoms with Crippen LogP contribution in [0, 0.1) is 17.8 Å². The van der Waals surface area contributed by atoms with Gasteiger partial charge in [-0.1, -0.05) is 265 Å². The van der Waals surface area contributed by atoms with Crippen LogP contribution in [-0.4, -0.2) is 96.7 Å². The summed E-state index contributed by atoms with van der Waals surface area (Å²) >= 11 is 0. The molecule has 0 fully saturated rings. The van der Waals surface area contributed by atoms with Gasteiger partial charge in [-0.2, -0.15) is 0 Å². The van der Waals surface area contributed by atoms with E-state index < -0.39 is 97.5 Å². The molecule has 5 atom stereocenters. The van der Waals surface area contributed by atoms with Crippen molar-refractivity contribution in [2.24, 2.45) is 17.8 Å². The molecule has 0 saturated carbocycles. The first-order chi connectivity index (χ1) is 42.2. The molecule has 0 bridgehead atoms. The van der Waals surface area contributed by atoms with Crippen LogP contribution < -0.4 is 0 Å². The maximum absolute atomic E-state index is 13.0. The highest BCUT2D eigenvalue weighted by atomic mass is 31.2. The lowest BCUT2D eigenvalue weighted by molar-refractivity contribution is -0.161. The average Bonchev–Trinajstić information content (AvgIpc) is 3.48. The fourth-order valence-electron chi connectivity index (χ4n) is 9.82. The third-order valence-electron chi connectivity index (χ3n) is 15.3. The predicted octanol–water partition coefficient (Wildman–Crippen LogP) is 19.0. The third-order valence-corrected chi connectivity index (χ3v) is 17.2. The van der Waals surface area contributed by atoms with Crippen molar-refractivity contribution in [1.82, 2.24) is 0 Å². The number of aliphatic hydroxyl groups is 1. The van der Waals surface area contributed by atoms with Gasteiger partial charge in [-0.05, 0) is 69.1 Å².